The minimum Gasteiger partial charge on any atom is -0.326 e. The molecule has 112 valence electrons. The quantitative estimate of drug-likeness (QED) is 0.825. The van der Waals surface area contributed by atoms with Crippen molar-refractivity contribution in [2.24, 2.45) is 17.1 Å². The third-order valence-corrected chi connectivity index (χ3v) is 6.52. The summed E-state index contributed by atoms with van der Waals surface area (Å²) >= 11 is 0. The van der Waals surface area contributed by atoms with E-state index in [9.17, 15) is 8.42 Å². The molecular weight excluding hydrogens is 262 g/mol. The molecule has 0 spiro atoms. The molecule has 2 aliphatic rings. The molecule has 2 N–H and O–H groups in total. The van der Waals surface area contributed by atoms with E-state index in [2.05, 4.69) is 20.8 Å². The molecule has 2 heterocycles. The Morgan fingerprint density at radius 2 is 1.53 bits per heavy atom. The summed E-state index contributed by atoms with van der Waals surface area (Å²) in [6.45, 7) is 9.06. The first-order valence-corrected chi connectivity index (χ1v) is 8.62. The van der Waals surface area contributed by atoms with Gasteiger partial charge in [0.05, 0.1) is 0 Å². The summed E-state index contributed by atoms with van der Waals surface area (Å²) in [6.07, 6.45) is 2.70. The summed E-state index contributed by atoms with van der Waals surface area (Å²) in [4.78, 5) is 0. The Balaban J connectivity index is 1.97. The molecule has 0 aromatic carbocycles. The highest BCUT2D eigenvalue weighted by atomic mass is 32.2. The van der Waals surface area contributed by atoms with Gasteiger partial charge in [-0.2, -0.15) is 17.0 Å². The van der Waals surface area contributed by atoms with Crippen LogP contribution in [0.4, 0.5) is 0 Å². The van der Waals surface area contributed by atoms with E-state index in [0.717, 1.165) is 19.3 Å². The summed E-state index contributed by atoms with van der Waals surface area (Å²) in [5, 5.41) is 0. The molecule has 0 aromatic rings. The lowest BCUT2D eigenvalue weighted by atomic mass is 9.76. The number of hydrogen-bond donors (Lipinski definition) is 1. The van der Waals surface area contributed by atoms with Crippen molar-refractivity contribution in [2.75, 3.05) is 26.2 Å². The molecule has 5 nitrogen and oxygen atoms in total. The van der Waals surface area contributed by atoms with Crippen molar-refractivity contribution in [3.63, 3.8) is 0 Å². The molecule has 0 bridgehead atoms. The van der Waals surface area contributed by atoms with Gasteiger partial charge in [-0.3, -0.25) is 0 Å². The van der Waals surface area contributed by atoms with Crippen LogP contribution in [0.1, 0.15) is 40.0 Å². The van der Waals surface area contributed by atoms with Gasteiger partial charge in [0, 0.05) is 32.2 Å². The molecule has 0 aromatic heterocycles. The van der Waals surface area contributed by atoms with Crippen LogP contribution in [-0.4, -0.2) is 49.2 Å². The fraction of sp³-hybridized carbons (Fsp3) is 1.00. The Morgan fingerprint density at radius 3 is 1.95 bits per heavy atom. The van der Waals surface area contributed by atoms with Gasteiger partial charge in [-0.15, -0.1) is 0 Å². The van der Waals surface area contributed by atoms with E-state index in [1.165, 1.54) is 0 Å². The van der Waals surface area contributed by atoms with Crippen LogP contribution in [0.25, 0.3) is 0 Å². The normalized spacial score (nSPS) is 28.9. The van der Waals surface area contributed by atoms with Crippen molar-refractivity contribution in [1.29, 1.82) is 0 Å². The maximum atomic E-state index is 12.5. The molecule has 0 unspecified atom stereocenters. The first-order chi connectivity index (χ1) is 8.71. The summed E-state index contributed by atoms with van der Waals surface area (Å²) < 4.78 is 28.2. The Labute approximate surface area is 117 Å². The number of rotatable bonds is 2. The zero-order valence-electron chi connectivity index (χ0n) is 12.3. The third-order valence-electron chi connectivity index (χ3n) is 4.52. The summed E-state index contributed by atoms with van der Waals surface area (Å²) in [5.41, 5.74) is 6.08. The fourth-order valence-electron chi connectivity index (χ4n) is 3.08. The van der Waals surface area contributed by atoms with E-state index < -0.39 is 10.2 Å². The van der Waals surface area contributed by atoms with Gasteiger partial charge in [-0.05, 0) is 30.6 Å². The Bertz CT molecular complexity index is 408. The van der Waals surface area contributed by atoms with Crippen molar-refractivity contribution < 1.29 is 8.42 Å². The molecule has 1 atom stereocenters. The molecule has 19 heavy (non-hydrogen) atoms. The predicted octanol–water partition coefficient (Wildman–Crippen LogP) is 1.02. The maximum absolute atomic E-state index is 12.5. The predicted molar refractivity (Wildman–Crippen MR) is 76.8 cm³/mol. The van der Waals surface area contributed by atoms with E-state index in [0.29, 0.717) is 32.1 Å². The van der Waals surface area contributed by atoms with Crippen LogP contribution in [0.5, 0.6) is 0 Å². The molecule has 0 amide bonds. The second kappa shape index (κ2) is 5.31. The van der Waals surface area contributed by atoms with Crippen molar-refractivity contribution in [3.8, 4) is 0 Å². The number of hydrogen-bond acceptors (Lipinski definition) is 3. The van der Waals surface area contributed by atoms with Gasteiger partial charge < -0.3 is 5.73 Å². The highest BCUT2D eigenvalue weighted by Gasteiger charge is 2.38. The Morgan fingerprint density at radius 1 is 1.00 bits per heavy atom. The lowest BCUT2D eigenvalue weighted by molar-refractivity contribution is 0.150. The second-order valence-corrected chi connectivity index (χ2v) is 8.88. The van der Waals surface area contributed by atoms with Gasteiger partial charge in [0.15, 0.2) is 0 Å². The van der Waals surface area contributed by atoms with Gasteiger partial charge in [0.25, 0.3) is 10.2 Å². The molecule has 0 saturated carbocycles. The average molecular weight is 289 g/mol. The van der Waals surface area contributed by atoms with Crippen LogP contribution in [0.3, 0.4) is 0 Å². The fourth-order valence-corrected chi connectivity index (χ4v) is 4.79. The lowest BCUT2D eigenvalue weighted by Gasteiger charge is -2.39. The third kappa shape index (κ3) is 3.29. The largest absolute Gasteiger partial charge is 0.326 e. The number of nitrogens with zero attached hydrogens (tertiary/aromatic N) is 2. The van der Waals surface area contributed by atoms with Crippen LogP contribution >= 0.6 is 0 Å². The molecule has 0 aliphatic carbocycles. The molecule has 2 saturated heterocycles. The van der Waals surface area contributed by atoms with E-state index in [4.69, 9.17) is 5.73 Å². The van der Waals surface area contributed by atoms with E-state index >= 15 is 0 Å². The van der Waals surface area contributed by atoms with Crippen molar-refractivity contribution in [2.45, 2.75) is 46.1 Å². The molecule has 2 rings (SSSR count). The first-order valence-electron chi connectivity index (χ1n) is 7.22. The average Bonchev–Trinajstić information content (AvgIpc) is 2.76. The van der Waals surface area contributed by atoms with E-state index in [1.807, 2.05) is 0 Å². The zero-order valence-corrected chi connectivity index (χ0v) is 13.1. The van der Waals surface area contributed by atoms with Crippen LogP contribution in [0.15, 0.2) is 0 Å². The van der Waals surface area contributed by atoms with E-state index in [1.54, 1.807) is 8.61 Å². The van der Waals surface area contributed by atoms with Gasteiger partial charge in [-0.1, -0.05) is 20.8 Å². The zero-order chi connectivity index (χ0) is 14.3. The minimum absolute atomic E-state index is 0.00175. The monoisotopic (exact) mass is 289 g/mol. The van der Waals surface area contributed by atoms with Gasteiger partial charge in [0.2, 0.25) is 0 Å². The molecule has 2 aliphatic heterocycles. The second-order valence-electron chi connectivity index (χ2n) is 6.95. The Kier molecular flexibility index (Phi) is 4.26. The highest BCUT2D eigenvalue weighted by Crippen LogP contribution is 2.35. The van der Waals surface area contributed by atoms with Crippen molar-refractivity contribution >= 4 is 10.2 Å². The van der Waals surface area contributed by atoms with Crippen molar-refractivity contribution in [1.82, 2.24) is 8.61 Å². The molecule has 0 radical (unpaired) electrons. The molecule has 2 fully saturated rings. The van der Waals surface area contributed by atoms with Gasteiger partial charge >= 0.3 is 0 Å². The van der Waals surface area contributed by atoms with Crippen LogP contribution in [0.2, 0.25) is 0 Å². The summed E-state index contributed by atoms with van der Waals surface area (Å²) in [6, 6.07) is 0.00175. The molecule has 6 heteroatoms. The Hall–Kier alpha value is -0.170. The number of nitrogens with two attached hydrogens (primary N) is 1. The lowest BCUT2D eigenvalue weighted by Crippen LogP contribution is -2.48. The highest BCUT2D eigenvalue weighted by molar-refractivity contribution is 7.86. The topological polar surface area (TPSA) is 66.6 Å². The maximum Gasteiger partial charge on any atom is 0.282 e. The van der Waals surface area contributed by atoms with E-state index in [-0.39, 0.29) is 11.5 Å². The smallest absolute Gasteiger partial charge is 0.282 e. The van der Waals surface area contributed by atoms with Crippen LogP contribution < -0.4 is 5.73 Å². The SMILES string of the molecule is CC(C)(C)C1CCN(S(=O)(=O)N2CC[C@H](N)C2)CC1. The van der Waals surface area contributed by atoms with Crippen LogP contribution in [-0.2, 0) is 10.2 Å². The first kappa shape index (κ1) is 15.2. The number of piperidine rings is 1. The minimum atomic E-state index is -3.28. The van der Waals surface area contributed by atoms with Gasteiger partial charge in [0.1, 0.15) is 0 Å². The molecular formula is C13H27N3O2S. The van der Waals surface area contributed by atoms with Crippen molar-refractivity contribution in [3.05, 3.63) is 0 Å². The summed E-state index contributed by atoms with van der Waals surface area (Å²) in [7, 11) is -3.28. The van der Waals surface area contributed by atoms with Crippen LogP contribution in [0, 0.1) is 11.3 Å². The summed E-state index contributed by atoms with van der Waals surface area (Å²) in [5.74, 6) is 0.611. The van der Waals surface area contributed by atoms with Gasteiger partial charge in [-0.25, -0.2) is 0 Å². The standard InChI is InChI=1S/C13H27N3O2S/c1-13(2,3)11-4-7-15(8-5-11)19(17,18)16-9-6-12(14)10-16/h11-12H,4-10,14H2,1-3H3/t12-/m0/s1.